The molecule has 0 aromatic carbocycles. The van der Waals surface area contributed by atoms with E-state index in [1.54, 1.807) is 0 Å². The monoisotopic (exact) mass is 1050 g/mol. The highest BCUT2D eigenvalue weighted by Gasteiger charge is 2.46. The van der Waals surface area contributed by atoms with E-state index < -0.39 is 52.2 Å². The molecule has 242 valence electrons. The first-order chi connectivity index (χ1) is 17.4. The standard InChI is InChI=1S/C14H28Cl18Si8/c15-35(16,17)9-3-33(4-10-36(18,19)20,5-11-37(21,22)23)1-2-34(6-12-38(24,25)26,7-13-39(27,28)29)8-14-40(30,31)32/h1-14H2. The zero-order chi connectivity index (χ0) is 31.9. The van der Waals surface area contributed by atoms with E-state index in [4.69, 9.17) is 199 Å². The van der Waals surface area contributed by atoms with Crippen molar-refractivity contribution in [3.05, 3.63) is 0 Å². The Morgan fingerprint density at radius 1 is 0.175 bits per heavy atom. The molecule has 0 radical (unpaired) electrons. The van der Waals surface area contributed by atoms with Crippen LogP contribution in [0, 0.1) is 0 Å². The lowest BCUT2D eigenvalue weighted by Gasteiger charge is -2.40. The molecule has 0 aromatic heterocycles. The normalized spacial score (nSPS) is 15.2. The van der Waals surface area contributed by atoms with E-state index in [9.17, 15) is 0 Å². The van der Waals surface area contributed by atoms with Crippen molar-refractivity contribution in [1.82, 2.24) is 0 Å². The summed E-state index contributed by atoms with van der Waals surface area (Å²) in [6.45, 7) is 0. The number of rotatable bonds is 21. The van der Waals surface area contributed by atoms with E-state index in [1.807, 2.05) is 0 Å². The van der Waals surface area contributed by atoms with E-state index in [0.29, 0.717) is 72.5 Å². The summed E-state index contributed by atoms with van der Waals surface area (Å²) in [6.07, 6.45) is 0. The van der Waals surface area contributed by atoms with Crippen molar-refractivity contribution in [2.24, 2.45) is 0 Å². The lowest BCUT2D eigenvalue weighted by Crippen LogP contribution is -2.43. The molecular formula is C14H28Cl18Si8. The summed E-state index contributed by atoms with van der Waals surface area (Å²) in [5.74, 6) is 0. The van der Waals surface area contributed by atoms with Gasteiger partial charge in [0.2, 0.25) is 0 Å². The van der Waals surface area contributed by atoms with Crippen molar-refractivity contribution in [2.75, 3.05) is 0 Å². The van der Waals surface area contributed by atoms with E-state index in [1.165, 1.54) is 0 Å². The van der Waals surface area contributed by atoms with E-state index >= 15 is 0 Å². The molecule has 0 aliphatic heterocycles. The van der Waals surface area contributed by atoms with Gasteiger partial charge in [-0.05, 0) is 36.3 Å². The lowest BCUT2D eigenvalue weighted by atomic mass is 10.8. The minimum absolute atomic E-state index is 0.463. The Balaban J connectivity index is 6.61. The van der Waals surface area contributed by atoms with Crippen LogP contribution in [0.25, 0.3) is 0 Å². The predicted molar refractivity (Wildman–Crippen MR) is 219 cm³/mol. The Labute approximate surface area is 331 Å². The predicted octanol–water partition coefficient (Wildman–Crippen LogP) is 15.8. The van der Waals surface area contributed by atoms with Crippen LogP contribution in [0.2, 0.25) is 84.6 Å². The Morgan fingerprint density at radius 2 is 0.275 bits per heavy atom. The Morgan fingerprint density at radius 3 is 0.375 bits per heavy atom. The fourth-order valence-corrected chi connectivity index (χ4v) is 46.6. The first kappa shape index (κ1) is 47.0. The molecule has 0 aliphatic rings. The number of halogens is 18. The van der Waals surface area contributed by atoms with Gasteiger partial charge in [0.15, 0.2) is 0 Å². The molecular weight excluding hydrogens is 1030 g/mol. The molecule has 0 aromatic rings. The highest BCUT2D eigenvalue weighted by Crippen LogP contribution is 2.48. The van der Waals surface area contributed by atoms with Crippen LogP contribution in [-0.2, 0) is 0 Å². The van der Waals surface area contributed by atoms with Crippen molar-refractivity contribution in [2.45, 2.75) is 84.6 Å². The summed E-state index contributed by atoms with van der Waals surface area (Å²) in [4.78, 5) is 0. The molecule has 0 nitrogen and oxygen atoms in total. The summed E-state index contributed by atoms with van der Waals surface area (Å²) in [5.41, 5.74) is 0. The molecule has 0 rings (SSSR count). The highest BCUT2D eigenvalue weighted by atomic mass is 35.9. The van der Waals surface area contributed by atoms with Crippen molar-refractivity contribution in [1.29, 1.82) is 0 Å². The molecule has 0 atom stereocenters. The zero-order valence-electron chi connectivity index (χ0n) is 20.7. The molecule has 0 heterocycles. The average molecular weight is 1060 g/mol. The smallest absolute Gasteiger partial charge is 0.126 e. The Hall–Kier alpha value is 6.96. The molecule has 0 saturated carbocycles. The Kier molecular flexibility index (Phi) is 22.9. The third-order valence-corrected chi connectivity index (χ3v) is 35.9. The summed E-state index contributed by atoms with van der Waals surface area (Å²) >= 11 is 114. The van der Waals surface area contributed by atoms with Gasteiger partial charge in [0.1, 0.15) is 0 Å². The van der Waals surface area contributed by atoms with Gasteiger partial charge in [-0.2, -0.15) is 0 Å². The van der Waals surface area contributed by atoms with Gasteiger partial charge in [-0.15, -0.1) is 199 Å². The quantitative estimate of drug-likeness (QED) is 0.0794. The van der Waals surface area contributed by atoms with Crippen molar-refractivity contribution >= 4 is 252 Å². The highest BCUT2D eigenvalue weighted by molar-refractivity contribution is 7.67. The third-order valence-electron chi connectivity index (χ3n) is 6.82. The minimum atomic E-state index is -2.96. The second-order valence-corrected chi connectivity index (χ2v) is 75.9. The molecule has 0 N–H and O–H groups in total. The van der Waals surface area contributed by atoms with Crippen molar-refractivity contribution < 1.29 is 0 Å². The molecule has 0 amide bonds. The second kappa shape index (κ2) is 19.5. The molecule has 0 saturated heterocycles. The van der Waals surface area contributed by atoms with Crippen LogP contribution in [-0.4, -0.2) is 52.2 Å². The second-order valence-electron chi connectivity index (χ2n) is 10.2. The lowest BCUT2D eigenvalue weighted by molar-refractivity contribution is 1.04. The maximum atomic E-state index is 6.35. The topological polar surface area (TPSA) is 0 Å². The van der Waals surface area contributed by atoms with Gasteiger partial charge in [-0.3, -0.25) is 0 Å². The van der Waals surface area contributed by atoms with Gasteiger partial charge in [0.05, 0.1) is 16.1 Å². The fourth-order valence-electron chi connectivity index (χ4n) is 4.47. The molecule has 40 heavy (non-hydrogen) atoms. The first-order valence-corrected chi connectivity index (χ1v) is 49.0. The molecule has 0 unspecified atom stereocenters. The summed E-state index contributed by atoms with van der Waals surface area (Å²) in [6, 6.07) is -9.10. The van der Waals surface area contributed by atoms with Crippen LogP contribution in [0.4, 0.5) is 0 Å². The van der Waals surface area contributed by atoms with Crippen LogP contribution in [0.1, 0.15) is 0 Å². The van der Waals surface area contributed by atoms with Gasteiger partial charge >= 0.3 is 36.0 Å². The summed E-state index contributed by atoms with van der Waals surface area (Å²) in [7, 11) is -4.69. The van der Waals surface area contributed by atoms with E-state index in [-0.39, 0.29) is 0 Å². The Bertz CT molecular complexity index is 585. The van der Waals surface area contributed by atoms with Crippen LogP contribution in [0.3, 0.4) is 0 Å². The van der Waals surface area contributed by atoms with Gasteiger partial charge < -0.3 is 0 Å². The van der Waals surface area contributed by atoms with Crippen LogP contribution in [0.15, 0.2) is 0 Å². The minimum Gasteiger partial charge on any atom is -0.126 e. The maximum Gasteiger partial charge on any atom is 0.341 e. The molecule has 0 fully saturated rings. The summed E-state index contributed by atoms with van der Waals surface area (Å²) in [5, 5.41) is 0. The molecule has 26 heteroatoms. The van der Waals surface area contributed by atoms with Gasteiger partial charge in [-0.25, -0.2) is 0 Å². The maximum absolute atomic E-state index is 6.35. The average Bonchev–Trinajstić information content (AvgIpc) is 2.69. The van der Waals surface area contributed by atoms with Gasteiger partial charge in [0.25, 0.3) is 0 Å². The van der Waals surface area contributed by atoms with E-state index in [2.05, 4.69) is 0 Å². The molecule has 0 spiro atoms. The zero-order valence-corrected chi connectivity index (χ0v) is 42.3. The third kappa shape index (κ3) is 27.7. The van der Waals surface area contributed by atoms with Crippen LogP contribution < -0.4 is 0 Å². The van der Waals surface area contributed by atoms with Crippen molar-refractivity contribution in [3.63, 3.8) is 0 Å². The van der Waals surface area contributed by atoms with Crippen LogP contribution >= 0.6 is 199 Å². The number of hydrogen-bond acceptors (Lipinski definition) is 0. The fraction of sp³-hybridized carbons (Fsp3) is 1.00. The SMILES string of the molecule is Cl[Si](Cl)(Cl)CC[Si](CC[Si](Cl)(Cl)Cl)(CC[Si](Cl)(Cl)Cl)CC[Si](CC[Si](Cl)(Cl)Cl)(CC[Si](Cl)(Cl)Cl)CC[Si](Cl)(Cl)Cl. The molecule has 0 aliphatic carbocycles. The molecule has 0 bridgehead atoms. The summed E-state index contributed by atoms with van der Waals surface area (Å²) < 4.78 is 0. The van der Waals surface area contributed by atoms with Crippen LogP contribution in [0.5, 0.6) is 0 Å². The van der Waals surface area contributed by atoms with Crippen molar-refractivity contribution in [3.8, 4) is 0 Å². The number of hydrogen-bond donors (Lipinski definition) is 0. The van der Waals surface area contributed by atoms with Gasteiger partial charge in [-0.1, -0.05) is 48.4 Å². The largest absolute Gasteiger partial charge is 0.341 e. The van der Waals surface area contributed by atoms with Gasteiger partial charge in [0, 0.05) is 0 Å². The van der Waals surface area contributed by atoms with E-state index in [0.717, 1.165) is 12.1 Å². The first-order valence-electron chi connectivity index (χ1n) is 11.9.